The van der Waals surface area contributed by atoms with Gasteiger partial charge in [-0.1, -0.05) is 26.2 Å². The number of halogens is 1. The maximum Gasteiger partial charge on any atom is 0.326 e. The predicted octanol–water partition coefficient (Wildman–Crippen LogP) is 3.35. The molecule has 1 aromatic carbocycles. The molecule has 2 aliphatic rings. The summed E-state index contributed by atoms with van der Waals surface area (Å²) in [6.07, 6.45) is 7.91. The minimum absolute atomic E-state index is 0.00841. The van der Waals surface area contributed by atoms with Gasteiger partial charge in [-0.2, -0.15) is 0 Å². The lowest BCUT2D eigenvalue weighted by Gasteiger charge is -2.25. The van der Waals surface area contributed by atoms with Crippen LogP contribution in [0, 0.1) is 5.82 Å². The number of carboxylic acids is 1. The highest BCUT2D eigenvalue weighted by Gasteiger charge is 2.27. The fourth-order valence-corrected chi connectivity index (χ4v) is 5.12. The molecule has 2 unspecified atom stereocenters. The van der Waals surface area contributed by atoms with E-state index in [2.05, 4.69) is 15.5 Å². The van der Waals surface area contributed by atoms with Crippen LogP contribution in [0.15, 0.2) is 23.1 Å². The molecule has 8 nitrogen and oxygen atoms in total. The molecule has 9 heteroatoms. The van der Waals surface area contributed by atoms with E-state index in [1.165, 1.54) is 18.7 Å². The highest BCUT2D eigenvalue weighted by molar-refractivity contribution is 5.99. The van der Waals surface area contributed by atoms with Crippen molar-refractivity contribution < 1.29 is 19.1 Å². The van der Waals surface area contributed by atoms with Crippen molar-refractivity contribution >= 4 is 28.5 Å². The summed E-state index contributed by atoms with van der Waals surface area (Å²) < 4.78 is 17.0. The van der Waals surface area contributed by atoms with Gasteiger partial charge in [-0.05, 0) is 51.4 Å². The molecule has 1 aromatic heterocycles. The summed E-state index contributed by atoms with van der Waals surface area (Å²) in [5, 5.41) is 15.2. The summed E-state index contributed by atoms with van der Waals surface area (Å²) in [7, 11) is 2.01. The van der Waals surface area contributed by atoms with Crippen molar-refractivity contribution in [2.45, 2.75) is 70.0 Å². The average molecular weight is 473 g/mol. The predicted molar refractivity (Wildman–Crippen MR) is 129 cm³/mol. The Labute approximate surface area is 198 Å². The number of carbonyl (C=O) groups is 2. The molecular weight excluding hydrogens is 439 g/mol. The quantitative estimate of drug-likeness (QED) is 0.571. The van der Waals surface area contributed by atoms with Gasteiger partial charge in [0.1, 0.15) is 17.4 Å². The van der Waals surface area contributed by atoms with Gasteiger partial charge in [-0.15, -0.1) is 0 Å². The molecule has 184 valence electrons. The zero-order valence-electron chi connectivity index (χ0n) is 19.8. The van der Waals surface area contributed by atoms with Gasteiger partial charge in [0.15, 0.2) is 0 Å². The van der Waals surface area contributed by atoms with Crippen LogP contribution in [-0.2, 0) is 4.79 Å². The van der Waals surface area contributed by atoms with E-state index in [1.54, 1.807) is 13.0 Å². The lowest BCUT2D eigenvalue weighted by molar-refractivity contribution is -0.139. The van der Waals surface area contributed by atoms with Crippen molar-refractivity contribution in [3.63, 3.8) is 0 Å². The number of likely N-dealkylation sites (N-methyl/N-ethyl adjacent to an activating group) is 1. The third kappa shape index (κ3) is 4.94. The number of hydrogen-bond donors (Lipinski definition) is 3. The van der Waals surface area contributed by atoms with Crippen molar-refractivity contribution in [3.8, 4) is 0 Å². The molecule has 0 spiro atoms. The zero-order chi connectivity index (χ0) is 24.4. The highest BCUT2D eigenvalue weighted by Crippen LogP contribution is 2.30. The SMILES string of the molecule is CCC(NC(=O)c1cn(C2CCN(C)C2)c2cc(NC3CCCCC3)c(F)cc2c1=O)C(=O)O. The number of fused-ring (bicyclic) bond motifs is 1. The summed E-state index contributed by atoms with van der Waals surface area (Å²) in [6.45, 7) is 3.24. The van der Waals surface area contributed by atoms with Crippen molar-refractivity contribution in [2.75, 3.05) is 25.5 Å². The summed E-state index contributed by atoms with van der Waals surface area (Å²) >= 11 is 0. The van der Waals surface area contributed by atoms with Gasteiger partial charge in [0.25, 0.3) is 5.91 Å². The van der Waals surface area contributed by atoms with Crippen LogP contribution < -0.4 is 16.1 Å². The summed E-state index contributed by atoms with van der Waals surface area (Å²) in [5.74, 6) is -2.45. The molecule has 4 rings (SSSR count). The van der Waals surface area contributed by atoms with E-state index in [9.17, 15) is 19.5 Å². The topological polar surface area (TPSA) is 104 Å². The maximum absolute atomic E-state index is 15.1. The molecule has 3 N–H and O–H groups in total. The Morgan fingerprint density at radius 2 is 1.94 bits per heavy atom. The molecule has 1 saturated carbocycles. The van der Waals surface area contributed by atoms with Gasteiger partial charge in [0.05, 0.1) is 11.2 Å². The lowest BCUT2D eigenvalue weighted by Crippen LogP contribution is -2.42. The molecule has 2 heterocycles. The smallest absolute Gasteiger partial charge is 0.326 e. The standard InChI is InChI=1S/C25H33FN4O4/c1-3-20(25(33)34)28-24(32)18-14-30(16-9-10-29(2)13-16)22-12-21(19(26)11-17(22)23(18)31)27-15-7-5-4-6-8-15/h11-12,14-16,20,27H,3-10,13H2,1-2H3,(H,28,32)(H,33,34). The van der Waals surface area contributed by atoms with E-state index in [1.807, 2.05) is 11.6 Å². The number of rotatable bonds is 7. The highest BCUT2D eigenvalue weighted by atomic mass is 19.1. The molecule has 0 bridgehead atoms. The first-order chi connectivity index (χ1) is 16.3. The summed E-state index contributed by atoms with van der Waals surface area (Å²) in [6, 6.07) is 2.00. The normalized spacial score (nSPS) is 20.4. The first kappa shape index (κ1) is 24.2. The Morgan fingerprint density at radius 3 is 2.56 bits per heavy atom. The Balaban J connectivity index is 1.79. The van der Waals surface area contributed by atoms with E-state index >= 15 is 4.39 Å². The summed E-state index contributed by atoms with van der Waals surface area (Å²) in [4.78, 5) is 39.8. The lowest BCUT2D eigenvalue weighted by atomic mass is 9.95. The summed E-state index contributed by atoms with van der Waals surface area (Å²) in [5.41, 5.74) is 0.174. The number of likely N-dealkylation sites (tertiary alicyclic amines) is 1. The average Bonchev–Trinajstić information content (AvgIpc) is 3.25. The Bertz CT molecular complexity index is 1140. The van der Waals surface area contributed by atoms with Gasteiger partial charge in [0, 0.05) is 30.2 Å². The van der Waals surface area contributed by atoms with Crippen LogP contribution in [0.5, 0.6) is 0 Å². The van der Waals surface area contributed by atoms with Gasteiger partial charge in [-0.3, -0.25) is 9.59 Å². The number of hydrogen-bond acceptors (Lipinski definition) is 5. The number of nitrogens with zero attached hydrogens (tertiary/aromatic N) is 2. The van der Waals surface area contributed by atoms with Crippen molar-refractivity contribution in [2.24, 2.45) is 0 Å². The van der Waals surface area contributed by atoms with Gasteiger partial charge < -0.3 is 25.2 Å². The molecular formula is C25H33FN4O4. The number of amides is 1. The number of aromatic nitrogens is 1. The van der Waals surface area contributed by atoms with Gasteiger partial charge in [-0.25, -0.2) is 9.18 Å². The number of pyridine rings is 1. The van der Waals surface area contributed by atoms with Crippen LogP contribution in [0.4, 0.5) is 10.1 Å². The number of aliphatic carboxylic acids is 1. The maximum atomic E-state index is 15.1. The van der Waals surface area contributed by atoms with Crippen LogP contribution in [0.2, 0.25) is 0 Å². The van der Waals surface area contributed by atoms with Crippen molar-refractivity contribution in [3.05, 3.63) is 39.9 Å². The molecule has 1 aliphatic carbocycles. The van der Waals surface area contributed by atoms with Crippen LogP contribution in [0.25, 0.3) is 10.9 Å². The molecule has 34 heavy (non-hydrogen) atoms. The van der Waals surface area contributed by atoms with Gasteiger partial charge in [0.2, 0.25) is 5.43 Å². The largest absolute Gasteiger partial charge is 0.480 e. The third-order valence-electron chi connectivity index (χ3n) is 7.10. The minimum atomic E-state index is -1.17. The molecule has 2 fully saturated rings. The monoisotopic (exact) mass is 472 g/mol. The number of anilines is 1. The molecule has 2 atom stereocenters. The van der Waals surface area contributed by atoms with E-state index in [0.717, 1.165) is 45.2 Å². The van der Waals surface area contributed by atoms with Crippen LogP contribution in [0.3, 0.4) is 0 Å². The number of carbonyl (C=O) groups excluding carboxylic acids is 1. The fourth-order valence-electron chi connectivity index (χ4n) is 5.12. The zero-order valence-corrected chi connectivity index (χ0v) is 19.8. The number of nitrogens with one attached hydrogen (secondary N) is 2. The first-order valence-electron chi connectivity index (χ1n) is 12.2. The van der Waals surface area contributed by atoms with E-state index < -0.39 is 29.2 Å². The molecule has 1 aliphatic heterocycles. The Kier molecular flexibility index (Phi) is 7.21. The van der Waals surface area contributed by atoms with Crippen LogP contribution >= 0.6 is 0 Å². The van der Waals surface area contributed by atoms with E-state index in [-0.39, 0.29) is 29.5 Å². The Morgan fingerprint density at radius 1 is 1.21 bits per heavy atom. The van der Waals surface area contributed by atoms with Crippen LogP contribution in [0.1, 0.15) is 68.3 Å². The second kappa shape index (κ2) is 10.1. The van der Waals surface area contributed by atoms with Gasteiger partial charge >= 0.3 is 5.97 Å². The third-order valence-corrected chi connectivity index (χ3v) is 7.10. The molecule has 0 radical (unpaired) electrons. The minimum Gasteiger partial charge on any atom is -0.480 e. The fraction of sp³-hybridized carbons (Fsp3) is 0.560. The number of carboxylic acid groups (broad SMARTS) is 1. The Hall–Kier alpha value is -2.94. The van der Waals surface area contributed by atoms with E-state index in [4.69, 9.17) is 0 Å². The van der Waals surface area contributed by atoms with E-state index in [0.29, 0.717) is 11.2 Å². The van der Waals surface area contributed by atoms with Crippen LogP contribution in [-0.4, -0.2) is 58.7 Å². The van der Waals surface area contributed by atoms with Crippen molar-refractivity contribution in [1.29, 1.82) is 0 Å². The van der Waals surface area contributed by atoms with Crippen molar-refractivity contribution in [1.82, 2.24) is 14.8 Å². The second-order valence-corrected chi connectivity index (χ2v) is 9.58. The number of benzene rings is 1. The molecule has 1 saturated heterocycles. The first-order valence-corrected chi connectivity index (χ1v) is 12.2. The molecule has 1 amide bonds. The molecule has 2 aromatic rings. The second-order valence-electron chi connectivity index (χ2n) is 9.58.